The molecule has 0 saturated carbocycles. The van der Waals surface area contributed by atoms with E-state index in [0.29, 0.717) is 18.9 Å². The molecule has 1 saturated heterocycles. The maximum absolute atomic E-state index is 12.2. The summed E-state index contributed by atoms with van der Waals surface area (Å²) in [5, 5.41) is 13.4. The fourth-order valence-electron chi connectivity index (χ4n) is 2.76. The average molecular weight is 337 g/mol. The SMILES string of the molecule is Cc1nnc2sc(CCC(=O)N(C)CCC3CCCCO3)nn12. The fourth-order valence-corrected chi connectivity index (χ4v) is 3.64. The molecule has 0 N–H and O–H groups in total. The molecule has 3 heterocycles. The monoisotopic (exact) mass is 337 g/mol. The lowest BCUT2D eigenvalue weighted by Gasteiger charge is -2.25. The van der Waals surface area contributed by atoms with Crippen LogP contribution in [0.15, 0.2) is 0 Å². The van der Waals surface area contributed by atoms with Gasteiger partial charge in [0.1, 0.15) is 5.01 Å². The van der Waals surface area contributed by atoms with E-state index in [2.05, 4.69) is 15.3 Å². The Morgan fingerprint density at radius 2 is 2.30 bits per heavy atom. The van der Waals surface area contributed by atoms with Crippen LogP contribution in [0.5, 0.6) is 0 Å². The van der Waals surface area contributed by atoms with Crippen molar-refractivity contribution < 1.29 is 9.53 Å². The number of aromatic nitrogens is 4. The molecular weight excluding hydrogens is 314 g/mol. The summed E-state index contributed by atoms with van der Waals surface area (Å²) in [6, 6.07) is 0. The van der Waals surface area contributed by atoms with E-state index in [-0.39, 0.29) is 5.91 Å². The quantitative estimate of drug-likeness (QED) is 0.804. The number of rotatable bonds is 6. The highest BCUT2D eigenvalue weighted by Crippen LogP contribution is 2.17. The molecule has 2 aromatic heterocycles. The first kappa shape index (κ1) is 16.3. The second-order valence-electron chi connectivity index (χ2n) is 6.03. The van der Waals surface area contributed by atoms with Crippen LogP contribution in [-0.4, -0.2) is 56.9 Å². The molecule has 126 valence electrons. The molecular formula is C15H23N5O2S. The summed E-state index contributed by atoms with van der Waals surface area (Å²) in [5.41, 5.74) is 0. The van der Waals surface area contributed by atoms with Crippen molar-refractivity contribution in [3.05, 3.63) is 10.8 Å². The van der Waals surface area contributed by atoms with Gasteiger partial charge in [0.05, 0.1) is 6.10 Å². The maximum Gasteiger partial charge on any atom is 0.234 e. The molecule has 0 spiro atoms. The smallest absolute Gasteiger partial charge is 0.234 e. The van der Waals surface area contributed by atoms with Gasteiger partial charge in [-0.25, -0.2) is 0 Å². The van der Waals surface area contributed by atoms with Crippen LogP contribution in [0, 0.1) is 6.92 Å². The van der Waals surface area contributed by atoms with E-state index >= 15 is 0 Å². The molecule has 8 heteroatoms. The van der Waals surface area contributed by atoms with Crippen LogP contribution in [0.3, 0.4) is 0 Å². The van der Waals surface area contributed by atoms with Crippen molar-refractivity contribution >= 4 is 22.2 Å². The lowest BCUT2D eigenvalue weighted by molar-refractivity contribution is -0.130. The Bertz CT molecular complexity index is 662. The number of aryl methyl sites for hydroxylation is 2. The van der Waals surface area contributed by atoms with Gasteiger partial charge in [-0.15, -0.1) is 10.2 Å². The first-order valence-corrected chi connectivity index (χ1v) is 8.98. The largest absolute Gasteiger partial charge is 0.378 e. The van der Waals surface area contributed by atoms with E-state index in [1.54, 1.807) is 4.52 Å². The summed E-state index contributed by atoms with van der Waals surface area (Å²) in [7, 11) is 1.87. The molecule has 1 aliphatic heterocycles. The van der Waals surface area contributed by atoms with Gasteiger partial charge in [0.15, 0.2) is 5.82 Å². The van der Waals surface area contributed by atoms with Crippen molar-refractivity contribution in [3.63, 3.8) is 0 Å². The third kappa shape index (κ3) is 4.06. The lowest BCUT2D eigenvalue weighted by atomic mass is 10.1. The highest BCUT2D eigenvalue weighted by molar-refractivity contribution is 7.16. The molecule has 23 heavy (non-hydrogen) atoms. The van der Waals surface area contributed by atoms with E-state index in [4.69, 9.17) is 4.74 Å². The Morgan fingerprint density at radius 1 is 1.43 bits per heavy atom. The summed E-state index contributed by atoms with van der Waals surface area (Å²) in [6.45, 7) is 3.49. The minimum absolute atomic E-state index is 0.156. The molecule has 1 amide bonds. The van der Waals surface area contributed by atoms with Gasteiger partial charge in [-0.3, -0.25) is 4.79 Å². The Balaban J connectivity index is 1.44. The van der Waals surface area contributed by atoms with E-state index < -0.39 is 0 Å². The third-order valence-electron chi connectivity index (χ3n) is 4.23. The van der Waals surface area contributed by atoms with Crippen LogP contribution >= 0.6 is 11.3 Å². The standard InChI is InChI=1S/C15H23N5O2S/c1-11-16-17-15-20(11)18-13(23-15)6-7-14(21)19(2)9-8-12-5-3-4-10-22-12/h12H,3-10H2,1-2H3. The number of carbonyl (C=O) groups is 1. The zero-order valence-electron chi connectivity index (χ0n) is 13.7. The number of ether oxygens (including phenoxy) is 1. The Hall–Kier alpha value is -1.54. The Labute approximate surface area is 139 Å². The Morgan fingerprint density at radius 3 is 3.04 bits per heavy atom. The van der Waals surface area contributed by atoms with Gasteiger partial charge in [0.25, 0.3) is 0 Å². The van der Waals surface area contributed by atoms with Gasteiger partial charge in [-0.05, 0) is 32.6 Å². The summed E-state index contributed by atoms with van der Waals surface area (Å²) >= 11 is 1.50. The van der Waals surface area contributed by atoms with Gasteiger partial charge < -0.3 is 9.64 Å². The molecule has 0 aliphatic carbocycles. The van der Waals surface area contributed by atoms with Crippen molar-refractivity contribution in [2.45, 2.75) is 51.6 Å². The number of fused-ring (bicyclic) bond motifs is 1. The summed E-state index contributed by atoms with van der Waals surface area (Å²) in [6.07, 6.45) is 5.90. The first-order valence-electron chi connectivity index (χ1n) is 8.17. The molecule has 1 fully saturated rings. The number of carbonyl (C=O) groups excluding carboxylic acids is 1. The molecule has 0 bridgehead atoms. The molecule has 1 atom stereocenters. The number of hydrogen-bond donors (Lipinski definition) is 0. The van der Waals surface area contributed by atoms with E-state index in [9.17, 15) is 4.79 Å². The molecule has 2 aromatic rings. The summed E-state index contributed by atoms with van der Waals surface area (Å²) in [5.74, 6) is 0.932. The van der Waals surface area contributed by atoms with Crippen LogP contribution in [-0.2, 0) is 16.0 Å². The van der Waals surface area contributed by atoms with Gasteiger partial charge >= 0.3 is 0 Å². The number of amides is 1. The molecule has 0 aromatic carbocycles. The van der Waals surface area contributed by atoms with Crippen LogP contribution in [0.4, 0.5) is 0 Å². The summed E-state index contributed by atoms with van der Waals surface area (Å²) < 4.78 is 7.44. The van der Waals surface area contributed by atoms with Crippen molar-refractivity contribution in [3.8, 4) is 0 Å². The highest BCUT2D eigenvalue weighted by Gasteiger charge is 2.17. The van der Waals surface area contributed by atoms with E-state index in [0.717, 1.165) is 48.2 Å². The summed E-state index contributed by atoms with van der Waals surface area (Å²) in [4.78, 5) is 14.8. The van der Waals surface area contributed by atoms with Crippen LogP contribution in [0.1, 0.15) is 42.9 Å². The van der Waals surface area contributed by atoms with Gasteiger partial charge in [0.2, 0.25) is 10.9 Å². The minimum Gasteiger partial charge on any atom is -0.378 e. The Kier molecular flexibility index (Phi) is 5.22. The van der Waals surface area contributed by atoms with Crippen molar-refractivity contribution in [1.82, 2.24) is 24.7 Å². The fraction of sp³-hybridized carbons (Fsp3) is 0.733. The minimum atomic E-state index is 0.156. The molecule has 1 aliphatic rings. The molecule has 7 nitrogen and oxygen atoms in total. The van der Waals surface area contributed by atoms with Crippen LogP contribution in [0.2, 0.25) is 0 Å². The second kappa shape index (κ2) is 7.35. The van der Waals surface area contributed by atoms with Crippen LogP contribution < -0.4 is 0 Å². The number of hydrogen-bond acceptors (Lipinski definition) is 6. The topological polar surface area (TPSA) is 72.6 Å². The predicted octanol–water partition coefficient (Wildman–Crippen LogP) is 1.84. The highest BCUT2D eigenvalue weighted by atomic mass is 32.1. The van der Waals surface area contributed by atoms with E-state index in [1.165, 1.54) is 17.8 Å². The molecule has 0 radical (unpaired) electrons. The van der Waals surface area contributed by atoms with Gasteiger partial charge in [-0.2, -0.15) is 9.61 Å². The third-order valence-corrected chi connectivity index (χ3v) is 5.19. The predicted molar refractivity (Wildman–Crippen MR) is 87.6 cm³/mol. The zero-order valence-corrected chi connectivity index (χ0v) is 14.5. The average Bonchev–Trinajstić information content (AvgIpc) is 3.13. The number of nitrogens with zero attached hydrogens (tertiary/aromatic N) is 5. The lowest BCUT2D eigenvalue weighted by Crippen LogP contribution is -2.31. The van der Waals surface area contributed by atoms with E-state index in [1.807, 2.05) is 18.9 Å². The van der Waals surface area contributed by atoms with Crippen LogP contribution in [0.25, 0.3) is 4.96 Å². The van der Waals surface area contributed by atoms with Crippen molar-refractivity contribution in [2.24, 2.45) is 0 Å². The first-order chi connectivity index (χ1) is 11.1. The van der Waals surface area contributed by atoms with Gasteiger partial charge in [-0.1, -0.05) is 11.3 Å². The van der Waals surface area contributed by atoms with Gasteiger partial charge in [0, 0.05) is 33.0 Å². The molecule has 1 unspecified atom stereocenters. The van der Waals surface area contributed by atoms with Crippen molar-refractivity contribution in [1.29, 1.82) is 0 Å². The second-order valence-corrected chi connectivity index (χ2v) is 7.07. The maximum atomic E-state index is 12.2. The zero-order chi connectivity index (χ0) is 16.2. The normalized spacial score (nSPS) is 18.4. The molecule has 3 rings (SSSR count). The van der Waals surface area contributed by atoms with Crippen molar-refractivity contribution in [2.75, 3.05) is 20.2 Å².